The number of hydrogen-bond acceptors (Lipinski definition) is 3. The maximum Gasteiger partial charge on any atom is 0.161 e. The Balaban J connectivity index is 2.55. The molecule has 1 aromatic heterocycles. The van der Waals surface area contributed by atoms with Crippen LogP contribution in [-0.4, -0.2) is 23.9 Å². The Labute approximate surface area is 132 Å². The number of halogens is 2. The Morgan fingerprint density at radius 1 is 1.48 bits per heavy atom. The first-order valence-corrected chi connectivity index (χ1v) is 7.63. The molecule has 2 aromatic rings. The molecule has 0 fully saturated rings. The molecule has 1 N–H and O–H groups in total. The molecule has 4 nitrogen and oxygen atoms in total. The van der Waals surface area contributed by atoms with E-state index in [1.807, 2.05) is 11.7 Å². The predicted molar refractivity (Wildman–Crippen MR) is 84.1 cm³/mol. The van der Waals surface area contributed by atoms with Crippen LogP contribution in [0.4, 0.5) is 4.39 Å². The van der Waals surface area contributed by atoms with E-state index in [9.17, 15) is 4.39 Å². The monoisotopic (exact) mass is 355 g/mol. The second-order valence-corrected chi connectivity index (χ2v) is 5.56. The van der Waals surface area contributed by atoms with Crippen LogP contribution in [0.1, 0.15) is 30.6 Å². The molecule has 0 amide bonds. The smallest absolute Gasteiger partial charge is 0.161 e. The second-order valence-electron chi connectivity index (χ2n) is 4.71. The first-order chi connectivity index (χ1) is 10.1. The van der Waals surface area contributed by atoms with Gasteiger partial charge in [0.25, 0.3) is 0 Å². The van der Waals surface area contributed by atoms with Gasteiger partial charge in [0.1, 0.15) is 11.5 Å². The third-order valence-corrected chi connectivity index (χ3v) is 4.05. The van der Waals surface area contributed by atoms with Crippen LogP contribution in [0.25, 0.3) is 0 Å². The van der Waals surface area contributed by atoms with Gasteiger partial charge in [-0.1, -0.05) is 22.9 Å². The molecular formula is C15H19BrFN3O. The van der Waals surface area contributed by atoms with E-state index in [1.54, 1.807) is 19.4 Å². The van der Waals surface area contributed by atoms with Crippen LogP contribution in [0.5, 0.6) is 5.75 Å². The zero-order valence-electron chi connectivity index (χ0n) is 12.4. The lowest BCUT2D eigenvalue weighted by Crippen LogP contribution is -2.23. The number of aryl methyl sites for hydroxylation is 1. The molecule has 2 rings (SSSR count). The Kier molecular flexibility index (Phi) is 5.36. The highest BCUT2D eigenvalue weighted by molar-refractivity contribution is 9.10. The summed E-state index contributed by atoms with van der Waals surface area (Å²) in [5.74, 6) is 0.424. The van der Waals surface area contributed by atoms with Gasteiger partial charge in [0.15, 0.2) is 5.75 Å². The average Bonchev–Trinajstić information content (AvgIpc) is 2.87. The number of hydrogen-bond donors (Lipinski definition) is 1. The summed E-state index contributed by atoms with van der Waals surface area (Å²) in [7, 11) is 3.45. The van der Waals surface area contributed by atoms with E-state index in [1.165, 1.54) is 12.1 Å². The van der Waals surface area contributed by atoms with E-state index in [0.29, 0.717) is 5.75 Å². The molecule has 1 unspecified atom stereocenters. The van der Waals surface area contributed by atoms with Crippen LogP contribution in [0.2, 0.25) is 0 Å². The van der Waals surface area contributed by atoms with Gasteiger partial charge < -0.3 is 10.1 Å². The van der Waals surface area contributed by atoms with Crippen LogP contribution in [-0.2, 0) is 6.54 Å². The van der Waals surface area contributed by atoms with Crippen molar-refractivity contribution in [3.63, 3.8) is 0 Å². The first kappa shape index (κ1) is 16.0. The third-order valence-electron chi connectivity index (χ3n) is 3.33. The van der Waals surface area contributed by atoms with E-state index >= 15 is 0 Å². The van der Waals surface area contributed by atoms with Crippen LogP contribution >= 0.6 is 15.9 Å². The van der Waals surface area contributed by atoms with Crippen molar-refractivity contribution in [1.29, 1.82) is 0 Å². The molecule has 0 aliphatic carbocycles. The summed E-state index contributed by atoms with van der Waals surface area (Å²) in [6.45, 7) is 2.87. The Morgan fingerprint density at radius 2 is 2.24 bits per heavy atom. The molecule has 0 spiro atoms. The van der Waals surface area contributed by atoms with Crippen LogP contribution in [0.15, 0.2) is 28.9 Å². The van der Waals surface area contributed by atoms with Crippen molar-refractivity contribution in [3.8, 4) is 5.75 Å². The number of benzene rings is 1. The molecule has 0 saturated heterocycles. The quantitative estimate of drug-likeness (QED) is 0.861. The van der Waals surface area contributed by atoms with E-state index < -0.39 is 0 Å². The van der Waals surface area contributed by atoms with Crippen molar-refractivity contribution >= 4 is 15.9 Å². The summed E-state index contributed by atoms with van der Waals surface area (Å²) in [4.78, 5) is 0. The van der Waals surface area contributed by atoms with Crippen molar-refractivity contribution in [2.45, 2.75) is 25.9 Å². The lowest BCUT2D eigenvalue weighted by atomic mass is 10.0. The fourth-order valence-electron chi connectivity index (χ4n) is 2.39. The zero-order valence-corrected chi connectivity index (χ0v) is 13.9. The van der Waals surface area contributed by atoms with E-state index in [0.717, 1.165) is 28.7 Å². The number of aromatic nitrogens is 2. The molecule has 0 bridgehead atoms. The topological polar surface area (TPSA) is 39.1 Å². The fourth-order valence-corrected chi connectivity index (χ4v) is 2.87. The van der Waals surface area contributed by atoms with Crippen LogP contribution in [0.3, 0.4) is 0 Å². The van der Waals surface area contributed by atoms with Gasteiger partial charge in [0.05, 0.1) is 19.3 Å². The SMILES string of the molecule is CCCn1ncc(OC)c1C(NC)c1cc(F)ccc1Br. The highest BCUT2D eigenvalue weighted by Crippen LogP contribution is 2.34. The highest BCUT2D eigenvalue weighted by Gasteiger charge is 2.24. The fraction of sp³-hybridized carbons (Fsp3) is 0.400. The lowest BCUT2D eigenvalue weighted by molar-refractivity contribution is 0.400. The molecule has 0 saturated carbocycles. The molecule has 6 heteroatoms. The molecule has 114 valence electrons. The minimum atomic E-state index is -0.269. The maximum absolute atomic E-state index is 13.6. The average molecular weight is 356 g/mol. The molecule has 0 aliphatic rings. The van der Waals surface area contributed by atoms with Gasteiger partial charge in [-0.3, -0.25) is 4.68 Å². The minimum absolute atomic E-state index is 0.209. The predicted octanol–water partition coefficient (Wildman–Crippen LogP) is 3.51. The van der Waals surface area contributed by atoms with Gasteiger partial charge in [-0.25, -0.2) is 4.39 Å². The maximum atomic E-state index is 13.6. The number of nitrogens with one attached hydrogen (secondary N) is 1. The van der Waals surface area contributed by atoms with Gasteiger partial charge in [0, 0.05) is 11.0 Å². The Bertz CT molecular complexity index is 615. The van der Waals surface area contributed by atoms with Gasteiger partial charge in [0.2, 0.25) is 0 Å². The van der Waals surface area contributed by atoms with Gasteiger partial charge in [-0.05, 0) is 37.2 Å². The lowest BCUT2D eigenvalue weighted by Gasteiger charge is -2.21. The number of nitrogens with zero attached hydrogens (tertiary/aromatic N) is 2. The summed E-state index contributed by atoms with van der Waals surface area (Å²) >= 11 is 3.49. The highest BCUT2D eigenvalue weighted by atomic mass is 79.9. The van der Waals surface area contributed by atoms with Crippen molar-refractivity contribution in [1.82, 2.24) is 15.1 Å². The van der Waals surface area contributed by atoms with Crippen molar-refractivity contribution in [2.75, 3.05) is 14.2 Å². The molecule has 1 atom stereocenters. The number of rotatable bonds is 6. The van der Waals surface area contributed by atoms with Gasteiger partial charge >= 0.3 is 0 Å². The summed E-state index contributed by atoms with van der Waals surface area (Å²) in [6, 6.07) is 4.45. The van der Waals surface area contributed by atoms with Crippen LogP contribution in [0, 0.1) is 5.82 Å². The van der Waals surface area contributed by atoms with E-state index in [4.69, 9.17) is 4.74 Å². The first-order valence-electron chi connectivity index (χ1n) is 6.84. The number of ether oxygens (including phenoxy) is 1. The molecular weight excluding hydrogens is 337 g/mol. The minimum Gasteiger partial charge on any atom is -0.493 e. The summed E-state index contributed by atoms with van der Waals surface area (Å²) in [5.41, 5.74) is 1.71. The summed E-state index contributed by atoms with van der Waals surface area (Å²) < 4.78 is 21.8. The van der Waals surface area contributed by atoms with Crippen molar-refractivity contribution < 1.29 is 9.13 Å². The Morgan fingerprint density at radius 3 is 2.86 bits per heavy atom. The van der Waals surface area contributed by atoms with Gasteiger partial charge in [-0.15, -0.1) is 0 Å². The number of methoxy groups -OCH3 is 1. The molecule has 1 heterocycles. The molecule has 0 aliphatic heterocycles. The van der Waals surface area contributed by atoms with E-state index in [-0.39, 0.29) is 11.9 Å². The van der Waals surface area contributed by atoms with Crippen molar-refractivity contribution in [2.24, 2.45) is 0 Å². The largest absolute Gasteiger partial charge is 0.493 e. The third kappa shape index (κ3) is 3.27. The molecule has 1 aromatic carbocycles. The zero-order chi connectivity index (χ0) is 15.4. The standard InChI is InChI=1S/C15H19BrFN3O/c1-4-7-20-15(13(21-3)9-19-20)14(18-2)11-8-10(17)5-6-12(11)16/h5-6,8-9,14,18H,4,7H2,1-3H3. The van der Waals surface area contributed by atoms with Crippen LogP contribution < -0.4 is 10.1 Å². The summed E-state index contributed by atoms with van der Waals surface area (Å²) in [6.07, 6.45) is 2.65. The molecule has 0 radical (unpaired) electrons. The van der Waals surface area contributed by atoms with Gasteiger partial charge in [-0.2, -0.15) is 5.10 Å². The normalized spacial score (nSPS) is 12.4. The summed E-state index contributed by atoms with van der Waals surface area (Å²) in [5, 5.41) is 7.59. The second kappa shape index (κ2) is 7.04. The Hall–Kier alpha value is -1.40. The van der Waals surface area contributed by atoms with Crippen molar-refractivity contribution in [3.05, 3.63) is 45.9 Å². The van der Waals surface area contributed by atoms with E-state index in [2.05, 4.69) is 33.3 Å². The molecule has 21 heavy (non-hydrogen) atoms.